The minimum absolute atomic E-state index is 0.0369. The molecule has 2 rings (SSSR count). The molecule has 1 aromatic rings. The van der Waals surface area contributed by atoms with Crippen LogP contribution in [-0.2, 0) is 11.2 Å². The number of benzene rings is 1. The molecule has 1 aliphatic carbocycles. The molecular weight excluding hydrogens is 326 g/mol. The second-order valence-corrected chi connectivity index (χ2v) is 6.47. The van der Waals surface area contributed by atoms with Crippen LogP contribution >= 0.6 is 15.9 Å². The fourth-order valence-corrected chi connectivity index (χ4v) is 3.44. The highest BCUT2D eigenvalue weighted by Crippen LogP contribution is 2.33. The Labute approximate surface area is 126 Å². The standard InChI is InChI=1S/C16H19BrF2O/c1-2-3-10-4-7-15(20)11(8-10)9-12-14(18)6-5-13(17)16(12)19/h5-6,10-11H,2-4,7-9H2,1H3. The third-order valence-electron chi connectivity index (χ3n) is 4.16. The lowest BCUT2D eigenvalue weighted by atomic mass is 9.76. The molecule has 2 unspecified atom stereocenters. The summed E-state index contributed by atoms with van der Waals surface area (Å²) in [6.45, 7) is 2.12. The Morgan fingerprint density at radius 2 is 2.10 bits per heavy atom. The average molecular weight is 345 g/mol. The molecule has 0 bridgehead atoms. The predicted molar refractivity (Wildman–Crippen MR) is 78.5 cm³/mol. The van der Waals surface area contributed by atoms with Crippen molar-refractivity contribution in [2.75, 3.05) is 0 Å². The zero-order chi connectivity index (χ0) is 14.7. The first-order chi connectivity index (χ1) is 9.52. The Bertz CT molecular complexity index is 501. The van der Waals surface area contributed by atoms with E-state index in [-0.39, 0.29) is 28.2 Å². The third kappa shape index (κ3) is 3.46. The van der Waals surface area contributed by atoms with Gasteiger partial charge in [-0.05, 0) is 53.2 Å². The van der Waals surface area contributed by atoms with Gasteiger partial charge in [0.1, 0.15) is 17.4 Å². The molecule has 0 spiro atoms. The minimum Gasteiger partial charge on any atom is -0.299 e. The van der Waals surface area contributed by atoms with Gasteiger partial charge in [-0.2, -0.15) is 0 Å². The Balaban J connectivity index is 2.16. The molecule has 2 atom stereocenters. The first-order valence-corrected chi connectivity index (χ1v) is 7.97. The van der Waals surface area contributed by atoms with Crippen molar-refractivity contribution >= 4 is 21.7 Å². The molecule has 0 N–H and O–H groups in total. The van der Waals surface area contributed by atoms with Gasteiger partial charge in [0, 0.05) is 17.9 Å². The maximum atomic E-state index is 14.0. The Kier molecular flexibility index (Phi) is 5.30. The van der Waals surface area contributed by atoms with E-state index in [4.69, 9.17) is 0 Å². The monoisotopic (exact) mass is 344 g/mol. The van der Waals surface area contributed by atoms with E-state index < -0.39 is 11.6 Å². The lowest BCUT2D eigenvalue weighted by Gasteiger charge is -2.28. The number of hydrogen-bond donors (Lipinski definition) is 0. The van der Waals surface area contributed by atoms with Gasteiger partial charge < -0.3 is 0 Å². The van der Waals surface area contributed by atoms with Crippen molar-refractivity contribution in [2.24, 2.45) is 11.8 Å². The quantitative estimate of drug-likeness (QED) is 0.698. The van der Waals surface area contributed by atoms with Crippen molar-refractivity contribution in [2.45, 2.75) is 45.4 Å². The van der Waals surface area contributed by atoms with E-state index in [2.05, 4.69) is 22.9 Å². The van der Waals surface area contributed by atoms with Crippen LogP contribution < -0.4 is 0 Å². The summed E-state index contributed by atoms with van der Waals surface area (Å²) in [6.07, 6.45) is 4.59. The predicted octanol–water partition coefficient (Wildman–Crippen LogP) is 5.06. The van der Waals surface area contributed by atoms with Gasteiger partial charge in [-0.3, -0.25) is 4.79 Å². The molecule has 0 heterocycles. The third-order valence-corrected chi connectivity index (χ3v) is 4.77. The van der Waals surface area contributed by atoms with Crippen LogP contribution in [0.2, 0.25) is 0 Å². The molecule has 0 aromatic heterocycles. The summed E-state index contributed by atoms with van der Waals surface area (Å²) in [4.78, 5) is 12.0. The molecular formula is C16H19BrF2O. The highest BCUT2D eigenvalue weighted by molar-refractivity contribution is 9.10. The van der Waals surface area contributed by atoms with E-state index >= 15 is 0 Å². The molecule has 0 amide bonds. The van der Waals surface area contributed by atoms with Gasteiger partial charge in [-0.1, -0.05) is 19.8 Å². The summed E-state index contributed by atoms with van der Waals surface area (Å²) < 4.78 is 28.0. The van der Waals surface area contributed by atoms with Gasteiger partial charge in [0.05, 0.1) is 4.47 Å². The highest BCUT2D eigenvalue weighted by Gasteiger charge is 2.30. The van der Waals surface area contributed by atoms with Crippen LogP contribution in [0.15, 0.2) is 16.6 Å². The van der Waals surface area contributed by atoms with Gasteiger partial charge in [0.25, 0.3) is 0 Å². The van der Waals surface area contributed by atoms with Gasteiger partial charge in [0.2, 0.25) is 0 Å². The van der Waals surface area contributed by atoms with E-state index in [0.717, 1.165) is 25.7 Å². The number of carbonyl (C=O) groups excluding carboxylic acids is 1. The van der Waals surface area contributed by atoms with E-state index in [1.165, 1.54) is 12.1 Å². The topological polar surface area (TPSA) is 17.1 Å². The molecule has 110 valence electrons. The van der Waals surface area contributed by atoms with Crippen LogP contribution in [0.5, 0.6) is 0 Å². The smallest absolute Gasteiger partial charge is 0.143 e. The van der Waals surface area contributed by atoms with Crippen LogP contribution in [0.3, 0.4) is 0 Å². The Morgan fingerprint density at radius 1 is 1.35 bits per heavy atom. The highest BCUT2D eigenvalue weighted by atomic mass is 79.9. The van der Waals surface area contributed by atoms with Gasteiger partial charge in [-0.25, -0.2) is 8.78 Å². The van der Waals surface area contributed by atoms with Crippen molar-refractivity contribution in [3.8, 4) is 0 Å². The second kappa shape index (κ2) is 6.79. The van der Waals surface area contributed by atoms with Crippen LogP contribution in [0, 0.1) is 23.5 Å². The number of hydrogen-bond acceptors (Lipinski definition) is 1. The molecule has 1 nitrogen and oxygen atoms in total. The van der Waals surface area contributed by atoms with E-state index in [1.54, 1.807) is 0 Å². The van der Waals surface area contributed by atoms with Crippen LogP contribution in [0.25, 0.3) is 0 Å². The molecule has 1 aliphatic rings. The lowest BCUT2D eigenvalue weighted by Crippen LogP contribution is -2.27. The normalized spacial score (nSPS) is 23.1. The summed E-state index contributed by atoms with van der Waals surface area (Å²) in [5, 5.41) is 0. The molecule has 0 aliphatic heterocycles. The molecule has 1 aromatic carbocycles. The van der Waals surface area contributed by atoms with Crippen LogP contribution in [-0.4, -0.2) is 5.78 Å². The number of Topliss-reactive ketones (excluding diaryl/α,β-unsaturated/α-hetero) is 1. The van der Waals surface area contributed by atoms with E-state index in [1.807, 2.05) is 0 Å². The number of halogens is 3. The number of carbonyl (C=O) groups is 1. The largest absolute Gasteiger partial charge is 0.299 e. The van der Waals surface area contributed by atoms with Crippen LogP contribution in [0.1, 0.15) is 44.6 Å². The summed E-state index contributed by atoms with van der Waals surface area (Å²) in [5.74, 6) is -0.706. The molecule has 1 saturated carbocycles. The first-order valence-electron chi connectivity index (χ1n) is 7.18. The van der Waals surface area contributed by atoms with E-state index in [0.29, 0.717) is 12.3 Å². The van der Waals surface area contributed by atoms with Gasteiger partial charge in [0.15, 0.2) is 0 Å². The zero-order valence-corrected chi connectivity index (χ0v) is 13.2. The van der Waals surface area contributed by atoms with E-state index in [9.17, 15) is 13.6 Å². The summed E-state index contributed by atoms with van der Waals surface area (Å²) in [5.41, 5.74) is 0.0369. The fraction of sp³-hybridized carbons (Fsp3) is 0.562. The Morgan fingerprint density at radius 3 is 2.80 bits per heavy atom. The Hall–Kier alpha value is -0.770. The van der Waals surface area contributed by atoms with Gasteiger partial charge >= 0.3 is 0 Å². The maximum Gasteiger partial charge on any atom is 0.143 e. The molecule has 0 saturated heterocycles. The second-order valence-electron chi connectivity index (χ2n) is 5.62. The van der Waals surface area contributed by atoms with Crippen molar-refractivity contribution in [3.63, 3.8) is 0 Å². The number of rotatable bonds is 4. The molecule has 0 radical (unpaired) electrons. The van der Waals surface area contributed by atoms with Gasteiger partial charge in [-0.15, -0.1) is 0 Å². The average Bonchev–Trinajstić information content (AvgIpc) is 2.43. The summed E-state index contributed by atoms with van der Waals surface area (Å²) in [6, 6.07) is 2.61. The molecule has 4 heteroatoms. The SMILES string of the molecule is CCCC1CCC(=O)C(Cc2c(F)ccc(Br)c2F)C1. The van der Waals surface area contributed by atoms with Crippen molar-refractivity contribution in [1.82, 2.24) is 0 Å². The summed E-state index contributed by atoms with van der Waals surface area (Å²) >= 11 is 3.07. The summed E-state index contributed by atoms with van der Waals surface area (Å²) in [7, 11) is 0. The van der Waals surface area contributed by atoms with Crippen molar-refractivity contribution in [3.05, 3.63) is 33.8 Å². The zero-order valence-electron chi connectivity index (χ0n) is 11.6. The maximum absolute atomic E-state index is 14.0. The molecule has 1 fully saturated rings. The lowest BCUT2D eigenvalue weighted by molar-refractivity contribution is -0.125. The fourth-order valence-electron chi connectivity index (χ4n) is 3.07. The molecule has 20 heavy (non-hydrogen) atoms. The minimum atomic E-state index is -0.574. The van der Waals surface area contributed by atoms with Crippen molar-refractivity contribution < 1.29 is 13.6 Å². The first kappa shape index (κ1) is 15.6. The van der Waals surface area contributed by atoms with Crippen molar-refractivity contribution in [1.29, 1.82) is 0 Å². The number of ketones is 1. The van der Waals surface area contributed by atoms with Crippen LogP contribution in [0.4, 0.5) is 8.78 Å².